The smallest absolute Gasteiger partial charge is 0.206 e. The van der Waals surface area contributed by atoms with E-state index in [9.17, 15) is 5.11 Å². The van der Waals surface area contributed by atoms with Crippen molar-refractivity contribution in [3.8, 4) is 11.5 Å². The predicted octanol–water partition coefficient (Wildman–Crippen LogP) is 3.89. The number of rotatable bonds is 5. The minimum Gasteiger partial charge on any atom is -0.507 e. The standard InChI is InChI=1S/C24H32N4O2/c1-17-16-22(18(2)19(3)23(17)29)30-15-14-28-21-9-6-5-8-20(21)25-24(28)27-11-7-10-26(4)12-13-27/h5-6,8-9,16,29H,7,10-15H2,1-4H3. The first-order chi connectivity index (χ1) is 14.5. The second-order valence-corrected chi connectivity index (χ2v) is 8.33. The molecule has 1 aliphatic rings. The van der Waals surface area contributed by atoms with Crippen molar-refractivity contribution in [2.75, 3.05) is 44.7 Å². The van der Waals surface area contributed by atoms with Crippen LogP contribution in [-0.2, 0) is 6.54 Å². The Morgan fingerprint density at radius 3 is 2.67 bits per heavy atom. The third-order valence-corrected chi connectivity index (χ3v) is 6.22. The van der Waals surface area contributed by atoms with Gasteiger partial charge in [-0.2, -0.15) is 0 Å². The first-order valence-electron chi connectivity index (χ1n) is 10.8. The number of likely N-dealkylation sites (N-methyl/N-ethyl adjacent to an activating group) is 1. The highest BCUT2D eigenvalue weighted by atomic mass is 16.5. The number of aromatic nitrogens is 2. The summed E-state index contributed by atoms with van der Waals surface area (Å²) in [5.41, 5.74) is 4.88. The van der Waals surface area contributed by atoms with Crippen molar-refractivity contribution in [2.24, 2.45) is 0 Å². The molecular weight excluding hydrogens is 376 g/mol. The molecular formula is C24H32N4O2. The molecule has 4 rings (SSSR count). The van der Waals surface area contributed by atoms with Crippen molar-refractivity contribution >= 4 is 17.0 Å². The number of ether oxygens (including phenoxy) is 1. The number of anilines is 1. The monoisotopic (exact) mass is 408 g/mol. The van der Waals surface area contributed by atoms with Gasteiger partial charge in [-0.3, -0.25) is 0 Å². The summed E-state index contributed by atoms with van der Waals surface area (Å²) in [6, 6.07) is 10.3. The van der Waals surface area contributed by atoms with E-state index in [1.54, 1.807) is 0 Å². The first-order valence-corrected chi connectivity index (χ1v) is 10.8. The number of hydrogen-bond donors (Lipinski definition) is 1. The van der Waals surface area contributed by atoms with Crippen molar-refractivity contribution in [3.63, 3.8) is 0 Å². The highest BCUT2D eigenvalue weighted by Gasteiger charge is 2.20. The van der Waals surface area contributed by atoms with E-state index >= 15 is 0 Å². The topological polar surface area (TPSA) is 53.8 Å². The highest BCUT2D eigenvalue weighted by Crippen LogP contribution is 2.32. The van der Waals surface area contributed by atoms with Crippen LogP contribution in [0.3, 0.4) is 0 Å². The van der Waals surface area contributed by atoms with Gasteiger partial charge in [-0.15, -0.1) is 0 Å². The molecule has 0 aliphatic carbocycles. The van der Waals surface area contributed by atoms with Crippen molar-refractivity contribution in [1.82, 2.24) is 14.5 Å². The van der Waals surface area contributed by atoms with Gasteiger partial charge in [0.05, 0.1) is 17.6 Å². The molecule has 1 saturated heterocycles. The molecule has 2 heterocycles. The summed E-state index contributed by atoms with van der Waals surface area (Å²) in [6.07, 6.45) is 1.14. The molecule has 160 valence electrons. The number of benzene rings is 2. The maximum Gasteiger partial charge on any atom is 0.206 e. The number of phenolic OH excluding ortho intramolecular Hbond substituents is 1. The van der Waals surface area contributed by atoms with Crippen LogP contribution in [-0.4, -0.2) is 59.4 Å². The third kappa shape index (κ3) is 3.97. The number of aromatic hydroxyl groups is 1. The van der Waals surface area contributed by atoms with Gasteiger partial charge in [0.15, 0.2) is 0 Å². The van der Waals surface area contributed by atoms with Crippen LogP contribution in [0.15, 0.2) is 30.3 Å². The normalized spacial score (nSPS) is 15.5. The summed E-state index contributed by atoms with van der Waals surface area (Å²) in [7, 11) is 2.18. The van der Waals surface area contributed by atoms with Gasteiger partial charge in [-0.05, 0) is 75.7 Å². The van der Waals surface area contributed by atoms with Gasteiger partial charge in [-0.1, -0.05) is 12.1 Å². The molecule has 2 aromatic carbocycles. The van der Waals surface area contributed by atoms with Gasteiger partial charge < -0.3 is 24.2 Å². The Morgan fingerprint density at radius 2 is 1.83 bits per heavy atom. The Hall–Kier alpha value is -2.73. The average molecular weight is 409 g/mol. The second kappa shape index (κ2) is 8.56. The molecule has 1 aliphatic heterocycles. The SMILES string of the molecule is Cc1cc(OCCn2c(N3CCCN(C)CC3)nc3ccccc32)c(C)c(C)c1O. The van der Waals surface area contributed by atoms with Crippen LogP contribution in [0.2, 0.25) is 0 Å². The van der Waals surface area contributed by atoms with Gasteiger partial charge in [0.2, 0.25) is 5.95 Å². The number of para-hydroxylation sites is 2. The van der Waals surface area contributed by atoms with Crippen LogP contribution in [0.1, 0.15) is 23.1 Å². The molecule has 6 nitrogen and oxygen atoms in total. The maximum atomic E-state index is 10.2. The molecule has 0 spiro atoms. The Labute approximate surface area is 178 Å². The molecule has 1 N–H and O–H groups in total. The minimum absolute atomic E-state index is 0.355. The zero-order chi connectivity index (χ0) is 21.3. The Kier molecular flexibility index (Phi) is 5.86. The Morgan fingerprint density at radius 1 is 1.03 bits per heavy atom. The van der Waals surface area contributed by atoms with E-state index in [1.807, 2.05) is 32.9 Å². The van der Waals surface area contributed by atoms with E-state index in [-0.39, 0.29) is 0 Å². The molecule has 3 aromatic rings. The summed E-state index contributed by atoms with van der Waals surface area (Å²) < 4.78 is 8.46. The van der Waals surface area contributed by atoms with E-state index in [0.717, 1.165) is 78.6 Å². The highest BCUT2D eigenvalue weighted by molar-refractivity contribution is 5.78. The molecule has 6 heteroatoms. The zero-order valence-electron chi connectivity index (χ0n) is 18.5. The lowest BCUT2D eigenvalue weighted by atomic mass is 10.0. The molecule has 0 atom stereocenters. The fourth-order valence-corrected chi connectivity index (χ4v) is 4.20. The molecule has 0 unspecified atom stereocenters. The number of nitrogens with zero attached hydrogens (tertiary/aromatic N) is 4. The summed E-state index contributed by atoms with van der Waals surface area (Å²) in [6.45, 7) is 11.3. The largest absolute Gasteiger partial charge is 0.507 e. The van der Waals surface area contributed by atoms with Crippen LogP contribution >= 0.6 is 0 Å². The fourth-order valence-electron chi connectivity index (χ4n) is 4.20. The molecule has 0 bridgehead atoms. The predicted molar refractivity (Wildman–Crippen MR) is 122 cm³/mol. The van der Waals surface area contributed by atoms with Crippen molar-refractivity contribution in [1.29, 1.82) is 0 Å². The lowest BCUT2D eigenvalue weighted by Gasteiger charge is -2.23. The number of aryl methyl sites for hydroxylation is 1. The van der Waals surface area contributed by atoms with Gasteiger partial charge in [0.25, 0.3) is 0 Å². The lowest BCUT2D eigenvalue weighted by Crippen LogP contribution is -2.31. The molecule has 0 saturated carbocycles. The lowest BCUT2D eigenvalue weighted by molar-refractivity contribution is 0.297. The van der Waals surface area contributed by atoms with E-state index in [4.69, 9.17) is 9.72 Å². The van der Waals surface area contributed by atoms with Gasteiger partial charge in [0.1, 0.15) is 18.1 Å². The van der Waals surface area contributed by atoms with Crippen LogP contribution in [0.25, 0.3) is 11.0 Å². The van der Waals surface area contributed by atoms with Gasteiger partial charge in [-0.25, -0.2) is 4.98 Å². The van der Waals surface area contributed by atoms with E-state index < -0.39 is 0 Å². The van der Waals surface area contributed by atoms with Crippen molar-refractivity contribution < 1.29 is 9.84 Å². The van der Waals surface area contributed by atoms with Crippen LogP contribution < -0.4 is 9.64 Å². The molecule has 0 radical (unpaired) electrons. The Balaban J connectivity index is 1.58. The summed E-state index contributed by atoms with van der Waals surface area (Å²) in [5.74, 6) is 2.23. The third-order valence-electron chi connectivity index (χ3n) is 6.22. The number of imidazole rings is 1. The van der Waals surface area contributed by atoms with E-state index in [2.05, 4.69) is 39.6 Å². The van der Waals surface area contributed by atoms with E-state index in [1.165, 1.54) is 0 Å². The molecule has 1 fully saturated rings. The number of phenols is 1. The first kappa shape index (κ1) is 20.5. The maximum absolute atomic E-state index is 10.2. The minimum atomic E-state index is 0.355. The van der Waals surface area contributed by atoms with Gasteiger partial charge >= 0.3 is 0 Å². The number of hydrogen-bond acceptors (Lipinski definition) is 5. The second-order valence-electron chi connectivity index (χ2n) is 8.33. The molecule has 0 amide bonds. The fraction of sp³-hybridized carbons (Fsp3) is 0.458. The van der Waals surface area contributed by atoms with Crippen LogP contribution in [0.4, 0.5) is 5.95 Å². The number of fused-ring (bicyclic) bond motifs is 1. The average Bonchev–Trinajstić information content (AvgIpc) is 2.96. The molecule has 1 aromatic heterocycles. The quantitative estimate of drug-likeness (QED) is 0.694. The van der Waals surface area contributed by atoms with Crippen LogP contribution in [0.5, 0.6) is 11.5 Å². The van der Waals surface area contributed by atoms with Crippen molar-refractivity contribution in [2.45, 2.75) is 33.7 Å². The summed E-state index contributed by atoms with van der Waals surface area (Å²) in [4.78, 5) is 9.76. The summed E-state index contributed by atoms with van der Waals surface area (Å²) in [5, 5.41) is 10.2. The van der Waals surface area contributed by atoms with Crippen molar-refractivity contribution in [3.05, 3.63) is 47.0 Å². The Bertz CT molecular complexity index is 1040. The zero-order valence-corrected chi connectivity index (χ0v) is 18.5. The summed E-state index contributed by atoms with van der Waals surface area (Å²) >= 11 is 0. The van der Waals surface area contributed by atoms with Gasteiger partial charge in [0, 0.05) is 19.6 Å². The molecule has 30 heavy (non-hydrogen) atoms. The van der Waals surface area contributed by atoms with Crippen LogP contribution in [0, 0.1) is 20.8 Å². The van der Waals surface area contributed by atoms with E-state index in [0.29, 0.717) is 12.4 Å².